The number of benzene rings is 1. The lowest BCUT2D eigenvalue weighted by Crippen LogP contribution is -2.36. The summed E-state index contributed by atoms with van der Waals surface area (Å²) in [5.41, 5.74) is 1.12. The van der Waals surface area contributed by atoms with Gasteiger partial charge in [-0.15, -0.1) is 24.0 Å². The van der Waals surface area contributed by atoms with Gasteiger partial charge in [-0.3, -0.25) is 4.99 Å². The average Bonchev–Trinajstić information content (AvgIpc) is 2.85. The van der Waals surface area contributed by atoms with Gasteiger partial charge >= 0.3 is 6.18 Å². The maximum absolute atomic E-state index is 12.5. The van der Waals surface area contributed by atoms with Gasteiger partial charge in [-0.1, -0.05) is 12.1 Å². The Morgan fingerprint density at radius 1 is 1.08 bits per heavy atom. The number of nitrogens with one attached hydrogen (secondary N) is 2. The second kappa shape index (κ2) is 9.12. The first-order chi connectivity index (χ1) is 11.3. The number of aliphatic imine (C=N–C) groups is 1. The molecule has 0 saturated carbocycles. The maximum Gasteiger partial charge on any atom is 0.416 e. The monoisotopic (exact) mass is 467 g/mol. The van der Waals surface area contributed by atoms with Gasteiger partial charge in [-0.25, -0.2) is 0 Å². The minimum Gasteiger partial charge on any atom is -0.466 e. The molecule has 25 heavy (non-hydrogen) atoms. The van der Waals surface area contributed by atoms with E-state index in [-0.39, 0.29) is 24.0 Å². The first kappa shape index (κ1) is 21.3. The largest absolute Gasteiger partial charge is 0.466 e. The molecule has 2 aromatic rings. The quantitative estimate of drug-likeness (QED) is 0.398. The summed E-state index contributed by atoms with van der Waals surface area (Å²) in [6.45, 7) is 4.70. The van der Waals surface area contributed by atoms with Crippen LogP contribution in [0, 0.1) is 13.8 Å². The van der Waals surface area contributed by atoms with Gasteiger partial charge in [0.15, 0.2) is 5.96 Å². The molecule has 0 aliphatic heterocycles. The van der Waals surface area contributed by atoms with Crippen molar-refractivity contribution in [1.29, 1.82) is 0 Å². The number of alkyl halides is 3. The van der Waals surface area contributed by atoms with Crippen molar-refractivity contribution in [3.8, 4) is 0 Å². The summed E-state index contributed by atoms with van der Waals surface area (Å²) < 4.78 is 43.1. The average molecular weight is 467 g/mol. The second-order valence-electron chi connectivity index (χ2n) is 5.41. The number of hydrogen-bond acceptors (Lipinski definition) is 2. The zero-order valence-electron chi connectivity index (χ0n) is 14.2. The highest BCUT2D eigenvalue weighted by atomic mass is 127. The van der Waals surface area contributed by atoms with E-state index in [1.165, 1.54) is 12.1 Å². The van der Waals surface area contributed by atoms with Crippen LogP contribution in [-0.2, 0) is 19.3 Å². The van der Waals surface area contributed by atoms with E-state index in [1.54, 1.807) is 7.05 Å². The third kappa shape index (κ3) is 6.26. The number of guanidine groups is 1. The molecule has 0 atom stereocenters. The lowest BCUT2D eigenvalue weighted by Gasteiger charge is -2.12. The minimum atomic E-state index is -4.32. The molecule has 4 nitrogen and oxygen atoms in total. The van der Waals surface area contributed by atoms with Crippen LogP contribution < -0.4 is 10.6 Å². The van der Waals surface area contributed by atoms with Gasteiger partial charge in [-0.2, -0.15) is 13.2 Å². The molecule has 0 amide bonds. The predicted octanol–water partition coefficient (Wildman–Crippen LogP) is 4.40. The Kier molecular flexibility index (Phi) is 7.78. The van der Waals surface area contributed by atoms with Gasteiger partial charge in [-0.05, 0) is 37.6 Å². The molecular weight excluding hydrogens is 446 g/mol. The van der Waals surface area contributed by atoms with Crippen LogP contribution in [-0.4, -0.2) is 13.0 Å². The Hall–Kier alpha value is -1.71. The van der Waals surface area contributed by atoms with Gasteiger partial charge in [0.2, 0.25) is 0 Å². The van der Waals surface area contributed by atoms with Gasteiger partial charge in [0, 0.05) is 25.7 Å². The van der Waals surface area contributed by atoms with Crippen LogP contribution in [0.25, 0.3) is 0 Å². The smallest absolute Gasteiger partial charge is 0.416 e. The summed E-state index contributed by atoms with van der Waals surface area (Å²) >= 11 is 0. The molecule has 1 heterocycles. The van der Waals surface area contributed by atoms with E-state index in [0.29, 0.717) is 19.0 Å². The normalized spacial score (nSPS) is 11.8. The number of rotatable bonds is 4. The van der Waals surface area contributed by atoms with Crippen LogP contribution in [0.5, 0.6) is 0 Å². The molecular formula is C17H21F3IN3O. The number of furan rings is 1. The highest BCUT2D eigenvalue weighted by Gasteiger charge is 2.29. The van der Waals surface area contributed by atoms with Crippen molar-refractivity contribution in [2.45, 2.75) is 33.1 Å². The lowest BCUT2D eigenvalue weighted by atomic mass is 10.1. The molecule has 0 aliphatic carbocycles. The zero-order valence-corrected chi connectivity index (χ0v) is 16.5. The molecule has 0 bridgehead atoms. The van der Waals surface area contributed by atoms with Crippen molar-refractivity contribution in [2.24, 2.45) is 4.99 Å². The second-order valence-corrected chi connectivity index (χ2v) is 5.41. The van der Waals surface area contributed by atoms with Crippen LogP contribution in [0.15, 0.2) is 39.7 Å². The fourth-order valence-electron chi connectivity index (χ4n) is 2.26. The Balaban J connectivity index is 0.00000312. The third-order valence-electron chi connectivity index (χ3n) is 3.55. The van der Waals surface area contributed by atoms with E-state index < -0.39 is 11.7 Å². The molecule has 0 unspecified atom stereocenters. The number of aryl methyl sites for hydroxylation is 2. The standard InChI is InChI=1S/C17H20F3N3O.HI/c1-11-8-14(12(2)24-11)10-23-16(21-3)22-9-13-4-6-15(7-5-13)17(18,19)20;/h4-8H,9-10H2,1-3H3,(H2,21,22,23);1H. The molecule has 0 spiro atoms. The van der Waals surface area contributed by atoms with E-state index in [0.717, 1.165) is 34.8 Å². The van der Waals surface area contributed by atoms with Gasteiger partial charge in [0.05, 0.1) is 5.56 Å². The summed E-state index contributed by atoms with van der Waals surface area (Å²) in [6, 6.07) is 7.00. The highest BCUT2D eigenvalue weighted by Crippen LogP contribution is 2.29. The molecule has 2 rings (SSSR count). The summed E-state index contributed by atoms with van der Waals surface area (Å²) in [4.78, 5) is 4.10. The van der Waals surface area contributed by atoms with Crippen LogP contribution in [0.3, 0.4) is 0 Å². The lowest BCUT2D eigenvalue weighted by molar-refractivity contribution is -0.137. The Labute approximate surface area is 161 Å². The molecule has 138 valence electrons. The van der Waals surface area contributed by atoms with Crippen molar-refractivity contribution in [2.75, 3.05) is 7.05 Å². The summed E-state index contributed by atoms with van der Waals surface area (Å²) in [6.07, 6.45) is -4.32. The topological polar surface area (TPSA) is 49.6 Å². The van der Waals surface area contributed by atoms with Gasteiger partial charge in [0.25, 0.3) is 0 Å². The maximum atomic E-state index is 12.5. The SMILES string of the molecule is CN=C(NCc1ccc(C(F)(F)F)cc1)NCc1cc(C)oc1C.I. The Bertz CT molecular complexity index is 709. The van der Waals surface area contributed by atoms with Crippen LogP contribution >= 0.6 is 24.0 Å². The van der Waals surface area contributed by atoms with Crippen LogP contribution in [0.4, 0.5) is 13.2 Å². The van der Waals surface area contributed by atoms with Gasteiger partial charge in [0.1, 0.15) is 11.5 Å². The number of hydrogen-bond donors (Lipinski definition) is 2. The molecule has 1 aromatic carbocycles. The molecule has 8 heteroatoms. The van der Waals surface area contributed by atoms with E-state index in [4.69, 9.17) is 4.42 Å². The fourth-order valence-corrected chi connectivity index (χ4v) is 2.26. The van der Waals surface area contributed by atoms with Crippen molar-refractivity contribution < 1.29 is 17.6 Å². The molecule has 1 aromatic heterocycles. The summed E-state index contributed by atoms with van der Waals surface area (Å²) in [5, 5.41) is 6.21. The van der Waals surface area contributed by atoms with Crippen molar-refractivity contribution in [3.05, 3.63) is 58.5 Å². The predicted molar refractivity (Wildman–Crippen MR) is 102 cm³/mol. The van der Waals surface area contributed by atoms with Crippen molar-refractivity contribution in [1.82, 2.24) is 10.6 Å². The molecule has 0 radical (unpaired) electrons. The minimum absolute atomic E-state index is 0. The van der Waals surface area contributed by atoms with Gasteiger partial charge < -0.3 is 15.1 Å². The zero-order chi connectivity index (χ0) is 17.7. The first-order valence-electron chi connectivity index (χ1n) is 7.46. The summed E-state index contributed by atoms with van der Waals surface area (Å²) in [5.74, 6) is 2.25. The molecule has 0 saturated heterocycles. The van der Waals surface area contributed by atoms with Crippen molar-refractivity contribution >= 4 is 29.9 Å². The van der Waals surface area contributed by atoms with Crippen LogP contribution in [0.1, 0.15) is 28.2 Å². The summed E-state index contributed by atoms with van der Waals surface area (Å²) in [7, 11) is 1.63. The molecule has 2 N–H and O–H groups in total. The number of halogens is 4. The van der Waals surface area contributed by atoms with E-state index in [1.807, 2.05) is 19.9 Å². The number of nitrogens with zero attached hydrogens (tertiary/aromatic N) is 1. The van der Waals surface area contributed by atoms with Crippen LogP contribution in [0.2, 0.25) is 0 Å². The molecule has 0 aliphatic rings. The van der Waals surface area contributed by atoms with E-state index in [2.05, 4.69) is 15.6 Å². The van der Waals surface area contributed by atoms with Crippen molar-refractivity contribution in [3.63, 3.8) is 0 Å². The highest BCUT2D eigenvalue weighted by molar-refractivity contribution is 14.0. The first-order valence-corrected chi connectivity index (χ1v) is 7.46. The molecule has 0 fully saturated rings. The Morgan fingerprint density at radius 3 is 2.16 bits per heavy atom. The third-order valence-corrected chi connectivity index (χ3v) is 3.55. The van der Waals surface area contributed by atoms with E-state index >= 15 is 0 Å². The van der Waals surface area contributed by atoms with E-state index in [9.17, 15) is 13.2 Å². The Morgan fingerprint density at radius 2 is 1.68 bits per heavy atom. The fraction of sp³-hybridized carbons (Fsp3) is 0.353.